The van der Waals surface area contributed by atoms with E-state index in [4.69, 9.17) is 5.11 Å². The molecule has 0 saturated heterocycles. The smallest absolute Gasteiger partial charge is 0.304 e. The molecule has 0 saturated carbocycles. The zero-order chi connectivity index (χ0) is 7.98. The first kappa shape index (κ1) is 9.82. The number of rotatable bonds is 5. The summed E-state index contributed by atoms with van der Waals surface area (Å²) in [7, 11) is 0. The van der Waals surface area contributed by atoms with Gasteiger partial charge in [0.1, 0.15) is 0 Å². The summed E-state index contributed by atoms with van der Waals surface area (Å²) >= 11 is 1.71. The van der Waals surface area contributed by atoms with E-state index in [9.17, 15) is 4.79 Å². The first-order valence-corrected chi connectivity index (χ1v) is 4.58. The molecule has 0 aromatic carbocycles. The van der Waals surface area contributed by atoms with Gasteiger partial charge in [0, 0.05) is 5.75 Å². The minimum absolute atomic E-state index is 0.289. The van der Waals surface area contributed by atoms with Crippen molar-refractivity contribution < 1.29 is 9.90 Å². The average molecular weight is 162 g/mol. The molecule has 0 aliphatic carbocycles. The van der Waals surface area contributed by atoms with Crippen molar-refractivity contribution in [2.45, 2.75) is 20.3 Å². The summed E-state index contributed by atoms with van der Waals surface area (Å²) in [5, 5.41) is 8.27. The van der Waals surface area contributed by atoms with Gasteiger partial charge >= 0.3 is 5.97 Å². The molecule has 0 rings (SSSR count). The quantitative estimate of drug-likeness (QED) is 0.627. The van der Waals surface area contributed by atoms with Gasteiger partial charge in [-0.2, -0.15) is 11.8 Å². The molecule has 0 bridgehead atoms. The third-order valence-electron chi connectivity index (χ3n) is 0.911. The van der Waals surface area contributed by atoms with Crippen molar-refractivity contribution in [3.63, 3.8) is 0 Å². The molecule has 0 spiro atoms. The SMILES string of the molecule is CC(C)CSCCC(=O)O. The Morgan fingerprint density at radius 1 is 1.60 bits per heavy atom. The van der Waals surface area contributed by atoms with E-state index in [0.29, 0.717) is 5.92 Å². The standard InChI is InChI=1S/C7H14O2S/c1-6(2)5-10-4-3-7(8)9/h6H,3-5H2,1-2H3,(H,8,9). The third-order valence-corrected chi connectivity index (χ3v) is 2.31. The Morgan fingerprint density at radius 2 is 2.20 bits per heavy atom. The van der Waals surface area contributed by atoms with Crippen LogP contribution in [-0.4, -0.2) is 22.6 Å². The highest BCUT2D eigenvalue weighted by Crippen LogP contribution is 2.07. The van der Waals surface area contributed by atoms with Crippen LogP contribution in [0.15, 0.2) is 0 Å². The zero-order valence-corrected chi connectivity index (χ0v) is 7.28. The number of hydrogen-bond acceptors (Lipinski definition) is 2. The molecule has 0 fully saturated rings. The minimum atomic E-state index is -0.698. The van der Waals surface area contributed by atoms with Crippen LogP contribution in [-0.2, 0) is 4.79 Å². The highest BCUT2D eigenvalue weighted by molar-refractivity contribution is 7.99. The van der Waals surface area contributed by atoms with E-state index < -0.39 is 5.97 Å². The number of carbonyl (C=O) groups is 1. The van der Waals surface area contributed by atoms with Crippen molar-refractivity contribution in [3.8, 4) is 0 Å². The Bertz CT molecular complexity index is 102. The number of thioether (sulfide) groups is 1. The van der Waals surface area contributed by atoms with Crippen LogP contribution in [0.5, 0.6) is 0 Å². The van der Waals surface area contributed by atoms with E-state index >= 15 is 0 Å². The summed E-state index contributed by atoms with van der Waals surface area (Å²) in [5.41, 5.74) is 0. The monoisotopic (exact) mass is 162 g/mol. The summed E-state index contributed by atoms with van der Waals surface area (Å²) in [5.74, 6) is 1.77. The predicted molar refractivity (Wildman–Crippen MR) is 44.4 cm³/mol. The van der Waals surface area contributed by atoms with Crippen molar-refractivity contribution in [2.24, 2.45) is 5.92 Å². The van der Waals surface area contributed by atoms with Crippen LogP contribution in [0.25, 0.3) is 0 Å². The molecule has 0 aromatic heterocycles. The van der Waals surface area contributed by atoms with Crippen LogP contribution in [0.4, 0.5) is 0 Å². The summed E-state index contributed by atoms with van der Waals surface area (Å²) in [4.78, 5) is 10.0. The molecule has 1 N–H and O–H groups in total. The fraction of sp³-hybridized carbons (Fsp3) is 0.857. The Hall–Kier alpha value is -0.180. The third kappa shape index (κ3) is 7.82. The van der Waals surface area contributed by atoms with E-state index in [2.05, 4.69) is 13.8 Å². The molecule has 0 aromatic rings. The second-order valence-corrected chi connectivity index (χ2v) is 3.76. The van der Waals surface area contributed by atoms with Crippen LogP contribution < -0.4 is 0 Å². The maximum absolute atomic E-state index is 10.0. The molecule has 0 atom stereocenters. The Labute approximate surface area is 66.0 Å². The lowest BCUT2D eigenvalue weighted by molar-refractivity contribution is -0.136. The van der Waals surface area contributed by atoms with Gasteiger partial charge in [-0.1, -0.05) is 13.8 Å². The van der Waals surface area contributed by atoms with Crippen molar-refractivity contribution in [3.05, 3.63) is 0 Å². The predicted octanol–water partition coefficient (Wildman–Crippen LogP) is 1.85. The van der Waals surface area contributed by atoms with E-state index in [1.165, 1.54) is 0 Å². The Morgan fingerprint density at radius 3 is 2.60 bits per heavy atom. The van der Waals surface area contributed by atoms with Gasteiger partial charge in [-0.15, -0.1) is 0 Å². The van der Waals surface area contributed by atoms with Gasteiger partial charge in [-0.3, -0.25) is 4.79 Å². The largest absolute Gasteiger partial charge is 0.481 e. The normalized spacial score (nSPS) is 10.3. The van der Waals surface area contributed by atoms with Gasteiger partial charge in [0.2, 0.25) is 0 Å². The van der Waals surface area contributed by atoms with E-state index in [-0.39, 0.29) is 6.42 Å². The van der Waals surface area contributed by atoms with Gasteiger partial charge < -0.3 is 5.11 Å². The fourth-order valence-corrected chi connectivity index (χ4v) is 1.44. The van der Waals surface area contributed by atoms with E-state index in [1.54, 1.807) is 11.8 Å². The summed E-state index contributed by atoms with van der Waals surface area (Å²) in [6.07, 6.45) is 0.289. The summed E-state index contributed by atoms with van der Waals surface area (Å²) in [6, 6.07) is 0. The topological polar surface area (TPSA) is 37.3 Å². The number of carboxylic acid groups (broad SMARTS) is 1. The zero-order valence-electron chi connectivity index (χ0n) is 6.46. The molecule has 0 aliphatic rings. The lowest BCUT2D eigenvalue weighted by Gasteiger charge is -2.01. The number of carboxylic acids is 1. The molecular formula is C7H14O2S. The van der Waals surface area contributed by atoms with E-state index in [0.717, 1.165) is 11.5 Å². The second-order valence-electron chi connectivity index (χ2n) is 2.61. The molecule has 3 heteroatoms. The van der Waals surface area contributed by atoms with Crippen LogP contribution in [0.2, 0.25) is 0 Å². The molecular weight excluding hydrogens is 148 g/mol. The van der Waals surface area contributed by atoms with Crippen LogP contribution in [0, 0.1) is 5.92 Å². The molecule has 60 valence electrons. The number of aliphatic carboxylic acids is 1. The minimum Gasteiger partial charge on any atom is -0.481 e. The first-order chi connectivity index (χ1) is 4.63. The maximum Gasteiger partial charge on any atom is 0.304 e. The second kappa shape index (κ2) is 5.59. The van der Waals surface area contributed by atoms with Crippen molar-refractivity contribution >= 4 is 17.7 Å². The Kier molecular flexibility index (Phi) is 5.49. The summed E-state index contributed by atoms with van der Waals surface area (Å²) in [6.45, 7) is 4.27. The van der Waals surface area contributed by atoms with E-state index in [1.807, 2.05) is 0 Å². The number of hydrogen-bond donors (Lipinski definition) is 1. The molecule has 0 unspecified atom stereocenters. The van der Waals surface area contributed by atoms with Crippen LogP contribution in [0.3, 0.4) is 0 Å². The van der Waals surface area contributed by atoms with Gasteiger partial charge in [-0.25, -0.2) is 0 Å². The molecule has 2 nitrogen and oxygen atoms in total. The van der Waals surface area contributed by atoms with Gasteiger partial charge in [0.15, 0.2) is 0 Å². The highest BCUT2D eigenvalue weighted by atomic mass is 32.2. The lowest BCUT2D eigenvalue weighted by atomic mass is 10.3. The van der Waals surface area contributed by atoms with Crippen LogP contribution >= 0.6 is 11.8 Å². The molecule has 0 amide bonds. The molecule has 0 aliphatic heterocycles. The molecule has 0 radical (unpaired) electrons. The fourth-order valence-electron chi connectivity index (χ4n) is 0.479. The molecule has 0 heterocycles. The lowest BCUT2D eigenvalue weighted by Crippen LogP contribution is -1.98. The maximum atomic E-state index is 10.0. The average Bonchev–Trinajstić information content (AvgIpc) is 1.79. The van der Waals surface area contributed by atoms with Crippen molar-refractivity contribution in [1.29, 1.82) is 0 Å². The molecule has 10 heavy (non-hydrogen) atoms. The van der Waals surface area contributed by atoms with Gasteiger partial charge in [0.25, 0.3) is 0 Å². The first-order valence-electron chi connectivity index (χ1n) is 3.42. The van der Waals surface area contributed by atoms with Gasteiger partial charge in [-0.05, 0) is 11.7 Å². The Balaban J connectivity index is 2.98. The highest BCUT2D eigenvalue weighted by Gasteiger charge is 1.97. The van der Waals surface area contributed by atoms with Crippen LogP contribution in [0.1, 0.15) is 20.3 Å². The van der Waals surface area contributed by atoms with Crippen molar-refractivity contribution in [2.75, 3.05) is 11.5 Å². The summed E-state index contributed by atoms with van der Waals surface area (Å²) < 4.78 is 0. The van der Waals surface area contributed by atoms with Crippen molar-refractivity contribution in [1.82, 2.24) is 0 Å². The van der Waals surface area contributed by atoms with Gasteiger partial charge in [0.05, 0.1) is 6.42 Å².